The highest BCUT2D eigenvalue weighted by Gasteiger charge is 2.41. The Morgan fingerprint density at radius 3 is 2.53 bits per heavy atom. The van der Waals surface area contributed by atoms with Gasteiger partial charge in [-0.3, -0.25) is 14.9 Å². The molecule has 0 spiro atoms. The van der Waals surface area contributed by atoms with Gasteiger partial charge in [0.05, 0.1) is 35.2 Å². The molecule has 0 unspecified atom stereocenters. The van der Waals surface area contributed by atoms with E-state index in [4.69, 9.17) is 0 Å². The number of nitrogens with zero attached hydrogens (tertiary/aromatic N) is 2. The molecule has 8 heteroatoms. The number of nitro benzene ring substituents is 1. The summed E-state index contributed by atoms with van der Waals surface area (Å²) in [4.78, 5) is 22.4. The third kappa shape index (κ3) is 2.39. The van der Waals surface area contributed by atoms with Gasteiger partial charge in [0.25, 0.3) is 5.91 Å². The number of nitro groups is 1. The molecule has 2 rings (SSSR count). The first-order chi connectivity index (χ1) is 8.71. The third-order valence-corrected chi connectivity index (χ3v) is 2.80. The Morgan fingerprint density at radius 1 is 1.47 bits per heavy atom. The number of halogens is 2. The van der Waals surface area contributed by atoms with Gasteiger partial charge in [-0.15, -0.1) is 0 Å². The maximum absolute atomic E-state index is 13.7. The van der Waals surface area contributed by atoms with Gasteiger partial charge >= 0.3 is 5.69 Å². The average Bonchev–Trinajstić information content (AvgIpc) is 2.27. The van der Waals surface area contributed by atoms with Crippen molar-refractivity contribution in [2.75, 3.05) is 13.1 Å². The highest BCUT2D eigenvalue weighted by atomic mass is 19.1. The number of carbonyl (C=O) groups excluding carboxylic acids is 1. The minimum Gasteiger partial charge on any atom is -0.386 e. The number of amides is 1. The topological polar surface area (TPSA) is 83.7 Å². The standard InChI is InChI=1S/C11H10F2N2O4/c1-11(17)4-14(5-11)10(16)7-2-6(12)3-8(9(7)13)15(18)19/h2-3,17H,4-5H2,1H3. The number of rotatable bonds is 2. The van der Waals surface area contributed by atoms with Gasteiger partial charge in [-0.1, -0.05) is 0 Å². The largest absolute Gasteiger partial charge is 0.386 e. The van der Waals surface area contributed by atoms with Crippen LogP contribution in [0.2, 0.25) is 0 Å². The second-order valence-corrected chi connectivity index (χ2v) is 4.70. The highest BCUT2D eigenvalue weighted by molar-refractivity contribution is 5.96. The second kappa shape index (κ2) is 4.23. The predicted octanol–water partition coefficient (Wildman–Crippen LogP) is 1.08. The maximum atomic E-state index is 13.7. The van der Waals surface area contributed by atoms with E-state index in [1.165, 1.54) is 6.92 Å². The van der Waals surface area contributed by atoms with Crippen molar-refractivity contribution in [2.45, 2.75) is 12.5 Å². The molecule has 0 bridgehead atoms. The summed E-state index contributed by atoms with van der Waals surface area (Å²) in [7, 11) is 0. The van der Waals surface area contributed by atoms with E-state index in [9.17, 15) is 28.8 Å². The van der Waals surface area contributed by atoms with Crippen LogP contribution in [0.1, 0.15) is 17.3 Å². The molecule has 0 saturated carbocycles. The first kappa shape index (κ1) is 13.3. The minimum absolute atomic E-state index is 0.0322. The molecule has 0 aromatic heterocycles. The van der Waals surface area contributed by atoms with Crippen LogP contribution < -0.4 is 0 Å². The van der Waals surface area contributed by atoms with Gasteiger partial charge in [-0.2, -0.15) is 4.39 Å². The Labute approximate surface area is 106 Å². The van der Waals surface area contributed by atoms with Crippen molar-refractivity contribution in [3.63, 3.8) is 0 Å². The number of carbonyl (C=O) groups is 1. The van der Waals surface area contributed by atoms with Crippen LogP contribution >= 0.6 is 0 Å². The van der Waals surface area contributed by atoms with Crippen molar-refractivity contribution in [3.8, 4) is 0 Å². The molecule has 19 heavy (non-hydrogen) atoms. The van der Waals surface area contributed by atoms with E-state index >= 15 is 0 Å². The summed E-state index contributed by atoms with van der Waals surface area (Å²) in [6.45, 7) is 1.42. The molecule has 1 N–H and O–H groups in total. The fourth-order valence-electron chi connectivity index (χ4n) is 1.95. The predicted molar refractivity (Wildman–Crippen MR) is 59.5 cm³/mol. The molecule has 1 fully saturated rings. The van der Waals surface area contributed by atoms with Crippen LogP contribution in [0, 0.1) is 21.7 Å². The van der Waals surface area contributed by atoms with E-state index in [0.29, 0.717) is 12.1 Å². The third-order valence-electron chi connectivity index (χ3n) is 2.80. The molecule has 1 aromatic rings. The summed E-state index contributed by atoms with van der Waals surface area (Å²) in [5.74, 6) is -3.32. The zero-order chi connectivity index (χ0) is 14.4. The molecule has 1 aromatic carbocycles. The van der Waals surface area contributed by atoms with Crippen LogP contribution in [0.3, 0.4) is 0 Å². The van der Waals surface area contributed by atoms with Crippen LogP contribution in [0.25, 0.3) is 0 Å². The van der Waals surface area contributed by atoms with Crippen molar-refractivity contribution >= 4 is 11.6 Å². The molecule has 1 amide bonds. The second-order valence-electron chi connectivity index (χ2n) is 4.70. The minimum atomic E-state index is -1.37. The Morgan fingerprint density at radius 2 is 2.05 bits per heavy atom. The quantitative estimate of drug-likeness (QED) is 0.645. The number of likely N-dealkylation sites (tertiary alicyclic amines) is 1. The fraction of sp³-hybridized carbons (Fsp3) is 0.364. The Kier molecular flexibility index (Phi) is 2.97. The van der Waals surface area contributed by atoms with Crippen molar-refractivity contribution in [1.82, 2.24) is 4.90 Å². The molecule has 102 valence electrons. The zero-order valence-electron chi connectivity index (χ0n) is 9.89. The van der Waals surface area contributed by atoms with E-state index in [1.807, 2.05) is 0 Å². The summed E-state index contributed by atoms with van der Waals surface area (Å²) < 4.78 is 26.9. The van der Waals surface area contributed by atoms with Gasteiger partial charge in [-0.25, -0.2) is 4.39 Å². The average molecular weight is 272 g/mol. The summed E-state index contributed by atoms with van der Waals surface area (Å²) in [5, 5.41) is 20.0. The molecule has 0 radical (unpaired) electrons. The fourth-order valence-corrected chi connectivity index (χ4v) is 1.95. The number of aliphatic hydroxyl groups is 1. The van der Waals surface area contributed by atoms with E-state index in [2.05, 4.69) is 0 Å². The Bertz CT molecular complexity index is 566. The van der Waals surface area contributed by atoms with Gasteiger partial charge < -0.3 is 10.0 Å². The molecule has 1 aliphatic rings. The first-order valence-corrected chi connectivity index (χ1v) is 5.36. The lowest BCUT2D eigenvalue weighted by molar-refractivity contribution is -0.387. The normalized spacial score (nSPS) is 16.9. The first-order valence-electron chi connectivity index (χ1n) is 5.36. The molecule has 1 saturated heterocycles. The van der Waals surface area contributed by atoms with Crippen molar-refractivity contribution in [1.29, 1.82) is 0 Å². The maximum Gasteiger partial charge on any atom is 0.308 e. The van der Waals surface area contributed by atoms with Gasteiger partial charge in [0.1, 0.15) is 5.82 Å². The number of hydrogen-bond donors (Lipinski definition) is 1. The number of benzene rings is 1. The van der Waals surface area contributed by atoms with Gasteiger partial charge in [0, 0.05) is 0 Å². The highest BCUT2D eigenvalue weighted by Crippen LogP contribution is 2.27. The molecule has 1 heterocycles. The summed E-state index contributed by atoms with van der Waals surface area (Å²) in [6.07, 6.45) is 0. The lowest BCUT2D eigenvalue weighted by atomic mass is 9.95. The molecule has 0 aliphatic carbocycles. The van der Waals surface area contributed by atoms with E-state index in [-0.39, 0.29) is 13.1 Å². The zero-order valence-corrected chi connectivity index (χ0v) is 9.89. The molecular weight excluding hydrogens is 262 g/mol. The van der Waals surface area contributed by atoms with Crippen molar-refractivity contribution in [3.05, 3.63) is 39.4 Å². The van der Waals surface area contributed by atoms with Crippen LogP contribution in [0.15, 0.2) is 12.1 Å². The molecule has 6 nitrogen and oxygen atoms in total. The van der Waals surface area contributed by atoms with Crippen LogP contribution in [0.4, 0.5) is 14.5 Å². The number of hydrogen-bond acceptors (Lipinski definition) is 4. The Hall–Kier alpha value is -2.09. The van der Waals surface area contributed by atoms with E-state index in [1.54, 1.807) is 0 Å². The van der Waals surface area contributed by atoms with Crippen molar-refractivity contribution in [2.24, 2.45) is 0 Å². The smallest absolute Gasteiger partial charge is 0.308 e. The van der Waals surface area contributed by atoms with Gasteiger partial charge in [-0.05, 0) is 13.0 Å². The summed E-state index contributed by atoms with van der Waals surface area (Å²) in [6, 6.07) is 1.02. The summed E-state index contributed by atoms with van der Waals surface area (Å²) in [5.41, 5.74) is -2.86. The summed E-state index contributed by atoms with van der Waals surface area (Å²) >= 11 is 0. The van der Waals surface area contributed by atoms with E-state index < -0.39 is 39.3 Å². The SMILES string of the molecule is CC1(O)CN(C(=O)c2cc(F)cc([N+](=O)[O-])c2F)C1. The van der Waals surface area contributed by atoms with Crippen LogP contribution in [-0.2, 0) is 0 Å². The van der Waals surface area contributed by atoms with Crippen LogP contribution in [-0.4, -0.2) is 39.5 Å². The number of β-amino-alcohol motifs (C(OH)–C–C–N with tert-alkyl or cyclic N) is 1. The molecule has 0 atom stereocenters. The lowest BCUT2D eigenvalue weighted by Gasteiger charge is -2.44. The lowest BCUT2D eigenvalue weighted by Crippen LogP contribution is -2.61. The molecular formula is C11H10F2N2O4. The van der Waals surface area contributed by atoms with Crippen LogP contribution in [0.5, 0.6) is 0 Å². The van der Waals surface area contributed by atoms with Gasteiger partial charge in [0.15, 0.2) is 0 Å². The Balaban J connectivity index is 2.35. The van der Waals surface area contributed by atoms with Crippen molar-refractivity contribution < 1.29 is 23.6 Å². The monoisotopic (exact) mass is 272 g/mol. The molecule has 1 aliphatic heterocycles. The van der Waals surface area contributed by atoms with E-state index in [0.717, 1.165) is 4.90 Å². The van der Waals surface area contributed by atoms with Gasteiger partial charge in [0.2, 0.25) is 5.82 Å².